The molecular formula is C11H14ClNO3. The molecule has 1 aromatic carbocycles. The second-order valence-electron chi connectivity index (χ2n) is 3.17. The van der Waals surface area contributed by atoms with Crippen molar-refractivity contribution in [2.45, 2.75) is 5.92 Å². The van der Waals surface area contributed by atoms with Crippen LogP contribution in [0.15, 0.2) is 18.2 Å². The van der Waals surface area contributed by atoms with Gasteiger partial charge < -0.3 is 15.2 Å². The Morgan fingerprint density at radius 2 is 2.19 bits per heavy atom. The van der Waals surface area contributed by atoms with Gasteiger partial charge in [0.15, 0.2) is 0 Å². The third-order valence-electron chi connectivity index (χ3n) is 2.30. The van der Waals surface area contributed by atoms with E-state index in [1.165, 1.54) is 14.2 Å². The Hall–Kier alpha value is -1.26. The normalized spacial score (nSPS) is 12.0. The van der Waals surface area contributed by atoms with E-state index < -0.39 is 11.9 Å². The highest BCUT2D eigenvalue weighted by Crippen LogP contribution is 2.33. The predicted molar refractivity (Wildman–Crippen MR) is 61.8 cm³/mol. The van der Waals surface area contributed by atoms with Crippen LogP contribution in [0.5, 0.6) is 5.75 Å². The van der Waals surface area contributed by atoms with E-state index in [2.05, 4.69) is 4.74 Å². The first-order valence-corrected chi connectivity index (χ1v) is 5.13. The summed E-state index contributed by atoms with van der Waals surface area (Å²) in [5.74, 6) is -0.490. The summed E-state index contributed by atoms with van der Waals surface area (Å²) in [7, 11) is 2.83. The van der Waals surface area contributed by atoms with Crippen molar-refractivity contribution in [3.63, 3.8) is 0 Å². The Bertz CT molecular complexity index is 381. The van der Waals surface area contributed by atoms with Crippen LogP contribution in [0.3, 0.4) is 0 Å². The fraction of sp³-hybridized carbons (Fsp3) is 0.364. The number of rotatable bonds is 4. The molecule has 0 bridgehead atoms. The molecule has 2 N–H and O–H groups in total. The fourth-order valence-electron chi connectivity index (χ4n) is 1.51. The second-order valence-corrected chi connectivity index (χ2v) is 3.57. The zero-order chi connectivity index (χ0) is 12.1. The van der Waals surface area contributed by atoms with E-state index in [0.29, 0.717) is 16.3 Å². The maximum absolute atomic E-state index is 11.5. The molecule has 0 fully saturated rings. The van der Waals surface area contributed by atoms with Gasteiger partial charge in [0, 0.05) is 17.1 Å². The number of halogens is 1. The number of benzene rings is 1. The molecule has 0 radical (unpaired) electrons. The van der Waals surface area contributed by atoms with E-state index in [1.54, 1.807) is 18.2 Å². The smallest absolute Gasteiger partial charge is 0.314 e. The molecule has 5 heteroatoms. The minimum absolute atomic E-state index is 0.118. The highest BCUT2D eigenvalue weighted by Gasteiger charge is 2.25. The van der Waals surface area contributed by atoms with E-state index in [1.807, 2.05) is 0 Å². The zero-order valence-electron chi connectivity index (χ0n) is 9.20. The van der Waals surface area contributed by atoms with Crippen LogP contribution in [0.2, 0.25) is 5.02 Å². The van der Waals surface area contributed by atoms with E-state index in [4.69, 9.17) is 22.1 Å². The maximum atomic E-state index is 11.5. The van der Waals surface area contributed by atoms with Gasteiger partial charge in [0.1, 0.15) is 5.75 Å². The summed E-state index contributed by atoms with van der Waals surface area (Å²) in [4.78, 5) is 11.5. The molecule has 0 saturated heterocycles. The summed E-state index contributed by atoms with van der Waals surface area (Å²) in [6.07, 6.45) is 0. The minimum atomic E-state index is -0.603. The third kappa shape index (κ3) is 2.46. The average Bonchev–Trinajstić information content (AvgIpc) is 2.31. The topological polar surface area (TPSA) is 61.5 Å². The van der Waals surface area contributed by atoms with Crippen LogP contribution in [0, 0.1) is 0 Å². The molecule has 0 saturated carbocycles. The maximum Gasteiger partial charge on any atom is 0.314 e. The lowest BCUT2D eigenvalue weighted by Gasteiger charge is -2.17. The number of ether oxygens (including phenoxy) is 2. The van der Waals surface area contributed by atoms with Crippen molar-refractivity contribution < 1.29 is 14.3 Å². The van der Waals surface area contributed by atoms with Crippen LogP contribution < -0.4 is 10.5 Å². The monoisotopic (exact) mass is 243 g/mol. The number of carbonyl (C=O) groups is 1. The van der Waals surface area contributed by atoms with Crippen LogP contribution in [0.4, 0.5) is 0 Å². The van der Waals surface area contributed by atoms with Crippen molar-refractivity contribution >= 4 is 17.6 Å². The Kier molecular flexibility index (Phi) is 4.58. The fourth-order valence-corrected chi connectivity index (χ4v) is 1.81. The van der Waals surface area contributed by atoms with Crippen LogP contribution >= 0.6 is 11.6 Å². The largest absolute Gasteiger partial charge is 0.496 e. The summed E-state index contributed by atoms with van der Waals surface area (Å²) >= 11 is 6.04. The molecule has 1 rings (SSSR count). The minimum Gasteiger partial charge on any atom is -0.496 e. The number of nitrogens with two attached hydrogens (primary N) is 1. The highest BCUT2D eigenvalue weighted by molar-refractivity contribution is 6.31. The molecule has 0 aliphatic carbocycles. The van der Waals surface area contributed by atoms with E-state index in [-0.39, 0.29) is 6.54 Å². The summed E-state index contributed by atoms with van der Waals surface area (Å²) in [5.41, 5.74) is 6.13. The molecular weight excluding hydrogens is 230 g/mol. The molecule has 0 aliphatic rings. The van der Waals surface area contributed by atoms with Crippen molar-refractivity contribution in [3.8, 4) is 5.75 Å². The first-order chi connectivity index (χ1) is 7.65. The van der Waals surface area contributed by atoms with Crippen molar-refractivity contribution in [2.24, 2.45) is 5.73 Å². The third-order valence-corrected chi connectivity index (χ3v) is 2.63. The van der Waals surface area contributed by atoms with Gasteiger partial charge in [0.2, 0.25) is 0 Å². The van der Waals surface area contributed by atoms with Gasteiger partial charge in [-0.05, 0) is 12.1 Å². The number of carbonyl (C=O) groups excluding carboxylic acids is 1. The molecule has 0 aromatic heterocycles. The molecule has 0 spiro atoms. The van der Waals surface area contributed by atoms with Crippen LogP contribution in [0.1, 0.15) is 11.5 Å². The lowest BCUT2D eigenvalue weighted by atomic mass is 9.98. The summed E-state index contributed by atoms with van der Waals surface area (Å²) in [5, 5.41) is 0.445. The Labute approximate surface area is 99.3 Å². The van der Waals surface area contributed by atoms with E-state index >= 15 is 0 Å². The standard InChI is InChI=1S/C11H14ClNO3/c1-15-9-5-3-4-8(12)10(9)7(6-13)11(14)16-2/h3-5,7H,6,13H2,1-2H3. The van der Waals surface area contributed by atoms with Gasteiger partial charge in [-0.1, -0.05) is 17.7 Å². The summed E-state index contributed by atoms with van der Waals surface area (Å²) in [6, 6.07) is 5.16. The highest BCUT2D eigenvalue weighted by atomic mass is 35.5. The molecule has 1 aromatic rings. The first kappa shape index (κ1) is 12.8. The lowest BCUT2D eigenvalue weighted by Crippen LogP contribution is -2.23. The summed E-state index contributed by atoms with van der Waals surface area (Å²) in [6.45, 7) is 0.118. The van der Waals surface area contributed by atoms with Crippen molar-refractivity contribution in [3.05, 3.63) is 28.8 Å². The zero-order valence-corrected chi connectivity index (χ0v) is 9.95. The molecule has 4 nitrogen and oxygen atoms in total. The SMILES string of the molecule is COC(=O)C(CN)c1c(Cl)cccc1OC. The Balaban J connectivity index is 3.22. The molecule has 1 atom stereocenters. The number of esters is 1. The average molecular weight is 244 g/mol. The van der Waals surface area contributed by atoms with Gasteiger partial charge in [0.25, 0.3) is 0 Å². The van der Waals surface area contributed by atoms with E-state index in [9.17, 15) is 4.79 Å². The quantitative estimate of drug-likeness (QED) is 0.816. The molecule has 88 valence electrons. The van der Waals surface area contributed by atoms with Gasteiger partial charge in [-0.15, -0.1) is 0 Å². The van der Waals surface area contributed by atoms with Crippen LogP contribution in [-0.4, -0.2) is 26.7 Å². The summed E-state index contributed by atoms with van der Waals surface area (Å²) < 4.78 is 9.83. The number of hydrogen-bond donors (Lipinski definition) is 1. The van der Waals surface area contributed by atoms with Gasteiger partial charge in [-0.3, -0.25) is 4.79 Å². The Morgan fingerprint density at radius 1 is 1.50 bits per heavy atom. The van der Waals surface area contributed by atoms with E-state index in [0.717, 1.165) is 0 Å². The number of hydrogen-bond acceptors (Lipinski definition) is 4. The molecule has 1 unspecified atom stereocenters. The van der Waals surface area contributed by atoms with Crippen molar-refractivity contribution in [1.29, 1.82) is 0 Å². The number of methoxy groups -OCH3 is 2. The lowest BCUT2D eigenvalue weighted by molar-refractivity contribution is -0.142. The van der Waals surface area contributed by atoms with Crippen LogP contribution in [0.25, 0.3) is 0 Å². The molecule has 0 heterocycles. The second kappa shape index (κ2) is 5.72. The Morgan fingerprint density at radius 3 is 2.69 bits per heavy atom. The van der Waals surface area contributed by atoms with Gasteiger partial charge in [-0.2, -0.15) is 0 Å². The molecule has 0 amide bonds. The van der Waals surface area contributed by atoms with Crippen LogP contribution in [-0.2, 0) is 9.53 Å². The van der Waals surface area contributed by atoms with Gasteiger partial charge in [-0.25, -0.2) is 0 Å². The molecule has 16 heavy (non-hydrogen) atoms. The molecule has 0 aliphatic heterocycles. The van der Waals surface area contributed by atoms with Gasteiger partial charge >= 0.3 is 5.97 Å². The van der Waals surface area contributed by atoms with Gasteiger partial charge in [0.05, 0.1) is 20.1 Å². The van der Waals surface area contributed by atoms with Crippen molar-refractivity contribution in [1.82, 2.24) is 0 Å². The van der Waals surface area contributed by atoms with Crippen molar-refractivity contribution in [2.75, 3.05) is 20.8 Å². The predicted octanol–water partition coefficient (Wildman–Crippen LogP) is 1.56. The first-order valence-electron chi connectivity index (χ1n) is 4.76.